The number of rotatable bonds is 3. The van der Waals surface area contributed by atoms with Crippen molar-refractivity contribution in [2.45, 2.75) is 31.8 Å². The first-order chi connectivity index (χ1) is 9.29. The minimum atomic E-state index is 0.363. The third-order valence-electron chi connectivity index (χ3n) is 4.39. The van der Waals surface area contributed by atoms with Crippen LogP contribution in [0.25, 0.3) is 10.8 Å². The third-order valence-corrected chi connectivity index (χ3v) is 4.39. The highest BCUT2D eigenvalue weighted by atomic mass is 15.2. The van der Waals surface area contributed by atoms with Crippen molar-refractivity contribution in [3.63, 3.8) is 0 Å². The molecule has 2 aromatic carbocycles. The van der Waals surface area contributed by atoms with Gasteiger partial charge in [0.2, 0.25) is 0 Å². The maximum absolute atomic E-state index is 6.05. The maximum atomic E-state index is 6.05. The highest BCUT2D eigenvalue weighted by molar-refractivity contribution is 5.83. The van der Waals surface area contributed by atoms with Crippen molar-refractivity contribution in [2.24, 2.45) is 5.73 Å². The van der Waals surface area contributed by atoms with E-state index in [1.165, 1.54) is 35.7 Å². The lowest BCUT2D eigenvalue weighted by Crippen LogP contribution is -2.35. The van der Waals surface area contributed by atoms with E-state index in [9.17, 15) is 0 Å². The van der Waals surface area contributed by atoms with Crippen molar-refractivity contribution in [2.75, 3.05) is 13.1 Å². The van der Waals surface area contributed by atoms with E-state index in [0.29, 0.717) is 18.6 Å². The highest BCUT2D eigenvalue weighted by Crippen LogP contribution is 2.30. The van der Waals surface area contributed by atoms with E-state index < -0.39 is 0 Å². The van der Waals surface area contributed by atoms with Crippen LogP contribution in [0.4, 0.5) is 0 Å². The lowest BCUT2D eigenvalue weighted by atomic mass is 10.0. The molecule has 2 N–H and O–H groups in total. The van der Waals surface area contributed by atoms with Crippen molar-refractivity contribution in [1.29, 1.82) is 0 Å². The second-order valence-electron chi connectivity index (χ2n) is 5.59. The Kier molecular flexibility index (Phi) is 3.54. The molecule has 1 heterocycles. The normalized spacial score (nSPS) is 21.9. The van der Waals surface area contributed by atoms with E-state index >= 15 is 0 Å². The van der Waals surface area contributed by atoms with Gasteiger partial charge in [0.15, 0.2) is 0 Å². The van der Waals surface area contributed by atoms with Crippen LogP contribution < -0.4 is 5.73 Å². The third kappa shape index (κ3) is 2.38. The number of hydrogen-bond donors (Lipinski definition) is 1. The molecule has 1 aliphatic rings. The summed E-state index contributed by atoms with van der Waals surface area (Å²) in [5.74, 6) is 0. The minimum absolute atomic E-state index is 0.363. The molecule has 2 unspecified atom stereocenters. The van der Waals surface area contributed by atoms with Crippen LogP contribution in [0.5, 0.6) is 0 Å². The summed E-state index contributed by atoms with van der Waals surface area (Å²) < 4.78 is 0. The van der Waals surface area contributed by atoms with Gasteiger partial charge in [-0.1, -0.05) is 36.4 Å². The molecule has 1 fully saturated rings. The predicted octanol–water partition coefficient (Wildman–Crippen LogP) is 3.32. The lowest BCUT2D eigenvalue weighted by molar-refractivity contribution is 0.195. The molecule has 0 amide bonds. The molecule has 100 valence electrons. The van der Waals surface area contributed by atoms with Gasteiger partial charge in [0, 0.05) is 18.6 Å². The topological polar surface area (TPSA) is 29.3 Å². The van der Waals surface area contributed by atoms with Crippen LogP contribution in [0.2, 0.25) is 0 Å². The van der Waals surface area contributed by atoms with Gasteiger partial charge in [0.1, 0.15) is 0 Å². The number of benzene rings is 2. The largest absolute Gasteiger partial charge is 0.329 e. The Balaban J connectivity index is 1.96. The molecule has 1 aliphatic heterocycles. The van der Waals surface area contributed by atoms with E-state index in [0.717, 1.165) is 0 Å². The monoisotopic (exact) mass is 254 g/mol. The second-order valence-corrected chi connectivity index (χ2v) is 5.59. The number of nitrogens with zero attached hydrogens (tertiary/aromatic N) is 1. The van der Waals surface area contributed by atoms with Crippen molar-refractivity contribution in [1.82, 2.24) is 4.90 Å². The number of nitrogens with two attached hydrogens (primary N) is 1. The number of hydrogen-bond acceptors (Lipinski definition) is 2. The Morgan fingerprint density at radius 2 is 2.00 bits per heavy atom. The average Bonchev–Trinajstić information content (AvgIpc) is 2.86. The summed E-state index contributed by atoms with van der Waals surface area (Å²) in [6, 6.07) is 16.3. The van der Waals surface area contributed by atoms with Crippen LogP contribution in [0.3, 0.4) is 0 Å². The summed E-state index contributed by atoms with van der Waals surface area (Å²) in [5, 5.41) is 2.61. The zero-order valence-electron chi connectivity index (χ0n) is 11.5. The average molecular weight is 254 g/mol. The Morgan fingerprint density at radius 3 is 2.68 bits per heavy atom. The zero-order valence-corrected chi connectivity index (χ0v) is 11.5. The van der Waals surface area contributed by atoms with E-state index in [-0.39, 0.29) is 0 Å². The van der Waals surface area contributed by atoms with Gasteiger partial charge >= 0.3 is 0 Å². The molecule has 2 heteroatoms. The molecular formula is C17H22N2. The molecule has 2 aromatic rings. The standard InChI is InChI=1S/C17H22N2/c1-13-5-4-10-19(13)17(12-18)16-9-8-14-6-2-3-7-15(14)11-16/h2-3,6-9,11,13,17H,4-5,10,12,18H2,1H3. The number of likely N-dealkylation sites (tertiary alicyclic amines) is 1. The van der Waals surface area contributed by atoms with E-state index in [2.05, 4.69) is 54.3 Å². The van der Waals surface area contributed by atoms with Crippen LogP contribution >= 0.6 is 0 Å². The summed E-state index contributed by atoms with van der Waals surface area (Å²) >= 11 is 0. The van der Waals surface area contributed by atoms with E-state index in [1.54, 1.807) is 0 Å². The molecule has 2 atom stereocenters. The number of fused-ring (bicyclic) bond motifs is 1. The smallest absolute Gasteiger partial charge is 0.0473 e. The van der Waals surface area contributed by atoms with Crippen molar-refractivity contribution >= 4 is 10.8 Å². The van der Waals surface area contributed by atoms with Gasteiger partial charge in [0.25, 0.3) is 0 Å². The van der Waals surface area contributed by atoms with Crippen molar-refractivity contribution in [3.05, 3.63) is 48.0 Å². The fourth-order valence-corrected chi connectivity index (χ4v) is 3.30. The van der Waals surface area contributed by atoms with Gasteiger partial charge in [-0.3, -0.25) is 4.90 Å². The first-order valence-corrected chi connectivity index (χ1v) is 7.24. The van der Waals surface area contributed by atoms with Gasteiger partial charge in [-0.25, -0.2) is 0 Å². The van der Waals surface area contributed by atoms with Crippen LogP contribution in [-0.2, 0) is 0 Å². The van der Waals surface area contributed by atoms with Crippen LogP contribution in [0, 0.1) is 0 Å². The molecule has 0 bridgehead atoms. The summed E-state index contributed by atoms with van der Waals surface area (Å²) in [7, 11) is 0. The summed E-state index contributed by atoms with van der Waals surface area (Å²) in [4.78, 5) is 2.56. The molecule has 0 spiro atoms. The van der Waals surface area contributed by atoms with Gasteiger partial charge in [-0.15, -0.1) is 0 Å². The zero-order chi connectivity index (χ0) is 13.2. The first-order valence-electron chi connectivity index (χ1n) is 7.24. The van der Waals surface area contributed by atoms with Crippen LogP contribution in [0.15, 0.2) is 42.5 Å². The van der Waals surface area contributed by atoms with E-state index in [1.807, 2.05) is 0 Å². The predicted molar refractivity (Wildman–Crippen MR) is 81.1 cm³/mol. The molecule has 0 radical (unpaired) electrons. The van der Waals surface area contributed by atoms with Gasteiger partial charge in [-0.2, -0.15) is 0 Å². The van der Waals surface area contributed by atoms with Crippen molar-refractivity contribution < 1.29 is 0 Å². The van der Waals surface area contributed by atoms with Gasteiger partial charge in [-0.05, 0) is 48.7 Å². The molecule has 0 saturated carbocycles. The minimum Gasteiger partial charge on any atom is -0.329 e. The van der Waals surface area contributed by atoms with Crippen LogP contribution in [-0.4, -0.2) is 24.0 Å². The summed E-state index contributed by atoms with van der Waals surface area (Å²) in [6.07, 6.45) is 2.59. The molecule has 2 nitrogen and oxygen atoms in total. The van der Waals surface area contributed by atoms with Crippen molar-refractivity contribution in [3.8, 4) is 0 Å². The molecule has 1 saturated heterocycles. The molecular weight excluding hydrogens is 232 g/mol. The fraction of sp³-hybridized carbons (Fsp3) is 0.412. The second kappa shape index (κ2) is 5.32. The van der Waals surface area contributed by atoms with E-state index in [4.69, 9.17) is 5.73 Å². The van der Waals surface area contributed by atoms with Crippen LogP contribution in [0.1, 0.15) is 31.4 Å². The summed E-state index contributed by atoms with van der Waals surface area (Å²) in [5.41, 5.74) is 7.41. The Morgan fingerprint density at radius 1 is 1.21 bits per heavy atom. The fourth-order valence-electron chi connectivity index (χ4n) is 3.30. The Labute approximate surface area is 115 Å². The molecule has 0 aliphatic carbocycles. The molecule has 3 rings (SSSR count). The quantitative estimate of drug-likeness (QED) is 0.910. The molecule has 19 heavy (non-hydrogen) atoms. The highest BCUT2D eigenvalue weighted by Gasteiger charge is 2.27. The Bertz CT molecular complexity index is 564. The lowest BCUT2D eigenvalue weighted by Gasteiger charge is -2.31. The van der Waals surface area contributed by atoms with Gasteiger partial charge < -0.3 is 5.73 Å². The molecule has 0 aromatic heterocycles. The maximum Gasteiger partial charge on any atom is 0.0473 e. The van der Waals surface area contributed by atoms with Gasteiger partial charge in [0.05, 0.1) is 0 Å². The SMILES string of the molecule is CC1CCCN1C(CN)c1ccc2ccccc2c1. The first kappa shape index (κ1) is 12.6. The Hall–Kier alpha value is -1.38. The summed E-state index contributed by atoms with van der Waals surface area (Å²) in [6.45, 7) is 4.19.